The molecule has 0 fully saturated rings. The van der Waals surface area contributed by atoms with Gasteiger partial charge in [0.15, 0.2) is 0 Å². The number of rotatable bonds is 8. The number of aryl methyl sites for hydroxylation is 1. The van der Waals surface area contributed by atoms with Crippen LogP contribution >= 0.6 is 0 Å². The number of aromatic nitrogens is 7. The van der Waals surface area contributed by atoms with Crippen molar-refractivity contribution in [3.63, 3.8) is 0 Å². The van der Waals surface area contributed by atoms with Crippen LogP contribution < -0.4 is 15.4 Å². The molecule has 3 aromatic heterocycles. The minimum atomic E-state index is -4.01. The fourth-order valence-corrected chi connectivity index (χ4v) is 4.42. The van der Waals surface area contributed by atoms with Gasteiger partial charge in [-0.15, -0.1) is 10.2 Å². The average molecular weight is 519 g/mol. The Kier molecular flexibility index (Phi) is 6.38. The highest BCUT2D eigenvalue weighted by Crippen LogP contribution is 2.25. The number of anilines is 5. The molecule has 5 aromatic rings. The van der Waals surface area contributed by atoms with E-state index in [0.717, 1.165) is 23.8 Å². The van der Waals surface area contributed by atoms with E-state index in [1.165, 1.54) is 6.33 Å². The Morgan fingerprint density at radius 3 is 2.30 bits per heavy atom. The molecule has 0 saturated carbocycles. The topological polar surface area (TPSA) is 163 Å². The van der Waals surface area contributed by atoms with Crippen molar-refractivity contribution < 1.29 is 12.8 Å². The molecule has 0 unspecified atom stereocenters. The lowest BCUT2D eigenvalue weighted by molar-refractivity contribution is 0.600. The molecule has 0 aliphatic rings. The third kappa shape index (κ3) is 5.65. The molecule has 0 atom stereocenters. The first kappa shape index (κ1) is 23.7. The second-order valence-electron chi connectivity index (χ2n) is 7.82. The molecular formula is C23H19FN10O2S. The molecule has 5 rings (SSSR count). The van der Waals surface area contributed by atoms with Crippen molar-refractivity contribution in [1.82, 2.24) is 35.6 Å². The van der Waals surface area contributed by atoms with Crippen LogP contribution in [0.4, 0.5) is 33.2 Å². The molecule has 12 nitrogen and oxygen atoms in total. The van der Waals surface area contributed by atoms with Gasteiger partial charge in [-0.05, 0) is 72.3 Å². The first-order valence-electron chi connectivity index (χ1n) is 10.8. The molecule has 14 heteroatoms. The van der Waals surface area contributed by atoms with Crippen molar-refractivity contribution in [2.24, 2.45) is 0 Å². The van der Waals surface area contributed by atoms with Gasteiger partial charge in [0.05, 0.1) is 10.5 Å². The number of pyridine rings is 1. The summed E-state index contributed by atoms with van der Waals surface area (Å²) in [6, 6.07) is 15.4. The second kappa shape index (κ2) is 9.94. The molecule has 0 bridgehead atoms. The second-order valence-corrected chi connectivity index (χ2v) is 9.50. The molecule has 0 spiro atoms. The van der Waals surface area contributed by atoms with Crippen LogP contribution in [0.2, 0.25) is 0 Å². The van der Waals surface area contributed by atoms with Gasteiger partial charge < -0.3 is 10.6 Å². The minimum absolute atomic E-state index is 0.0526. The maximum Gasteiger partial charge on any atom is 0.261 e. The molecule has 0 aliphatic carbocycles. The predicted molar refractivity (Wildman–Crippen MR) is 134 cm³/mol. The fourth-order valence-electron chi connectivity index (χ4n) is 3.33. The lowest BCUT2D eigenvalue weighted by Crippen LogP contribution is -2.13. The van der Waals surface area contributed by atoms with Gasteiger partial charge in [0, 0.05) is 23.6 Å². The Morgan fingerprint density at radius 1 is 0.838 bits per heavy atom. The lowest BCUT2D eigenvalue weighted by atomic mass is 10.2. The van der Waals surface area contributed by atoms with Gasteiger partial charge >= 0.3 is 0 Å². The van der Waals surface area contributed by atoms with E-state index in [9.17, 15) is 12.8 Å². The van der Waals surface area contributed by atoms with E-state index in [1.807, 2.05) is 19.1 Å². The maximum absolute atomic E-state index is 14.2. The summed E-state index contributed by atoms with van der Waals surface area (Å²) < 4.78 is 42.4. The first-order valence-corrected chi connectivity index (χ1v) is 12.3. The van der Waals surface area contributed by atoms with Gasteiger partial charge in [0.1, 0.15) is 29.6 Å². The van der Waals surface area contributed by atoms with Crippen LogP contribution in [0.1, 0.15) is 5.56 Å². The van der Waals surface area contributed by atoms with E-state index in [4.69, 9.17) is 0 Å². The van der Waals surface area contributed by atoms with Gasteiger partial charge in [0.2, 0.25) is 5.82 Å². The smallest absolute Gasteiger partial charge is 0.261 e. The SMILES string of the molecule is Cc1ccnc(Nc2cc(Nc3ccc(NS(=O)(=O)c4ccc(F)c(-c5nn[nH]n5)c4)cc3)ncn2)c1. The maximum atomic E-state index is 14.2. The van der Waals surface area contributed by atoms with Crippen molar-refractivity contribution in [2.75, 3.05) is 15.4 Å². The van der Waals surface area contributed by atoms with Crippen LogP contribution in [0.3, 0.4) is 0 Å². The van der Waals surface area contributed by atoms with Gasteiger partial charge in [-0.3, -0.25) is 4.72 Å². The molecule has 186 valence electrons. The number of sulfonamides is 1. The number of tetrazole rings is 1. The Hall–Kier alpha value is -4.98. The van der Waals surface area contributed by atoms with Crippen molar-refractivity contribution in [1.29, 1.82) is 0 Å². The highest BCUT2D eigenvalue weighted by atomic mass is 32.2. The van der Waals surface area contributed by atoms with Crippen LogP contribution in [0, 0.1) is 12.7 Å². The molecule has 0 saturated heterocycles. The van der Waals surface area contributed by atoms with E-state index >= 15 is 0 Å². The summed E-state index contributed by atoms with van der Waals surface area (Å²) >= 11 is 0. The van der Waals surface area contributed by atoms with E-state index in [0.29, 0.717) is 28.8 Å². The van der Waals surface area contributed by atoms with Crippen LogP contribution in [0.15, 0.2) is 78.1 Å². The molecule has 3 heterocycles. The molecule has 37 heavy (non-hydrogen) atoms. The number of halogens is 1. The Bertz CT molecular complexity index is 1640. The highest BCUT2D eigenvalue weighted by Gasteiger charge is 2.19. The van der Waals surface area contributed by atoms with E-state index in [2.05, 4.69) is 50.9 Å². The van der Waals surface area contributed by atoms with Gasteiger partial charge in [-0.1, -0.05) is 0 Å². The fraction of sp³-hybridized carbons (Fsp3) is 0.0435. The number of nitrogens with one attached hydrogen (secondary N) is 4. The average Bonchev–Trinajstić information content (AvgIpc) is 3.40. The largest absolute Gasteiger partial charge is 0.340 e. The van der Waals surface area contributed by atoms with Crippen LogP contribution in [0.5, 0.6) is 0 Å². The van der Waals surface area contributed by atoms with Crippen LogP contribution in [-0.4, -0.2) is 44.0 Å². The monoisotopic (exact) mass is 518 g/mol. The van der Waals surface area contributed by atoms with Crippen molar-refractivity contribution in [2.45, 2.75) is 11.8 Å². The molecule has 0 amide bonds. The Labute approximate surface area is 210 Å². The number of hydrogen-bond donors (Lipinski definition) is 4. The summed E-state index contributed by atoms with van der Waals surface area (Å²) in [7, 11) is -4.01. The Morgan fingerprint density at radius 2 is 1.57 bits per heavy atom. The zero-order valence-electron chi connectivity index (χ0n) is 19.2. The third-order valence-electron chi connectivity index (χ3n) is 5.08. The summed E-state index contributed by atoms with van der Waals surface area (Å²) in [4.78, 5) is 12.5. The van der Waals surface area contributed by atoms with Gasteiger partial charge in [-0.25, -0.2) is 27.8 Å². The predicted octanol–water partition coefficient (Wildman–Crippen LogP) is 3.79. The third-order valence-corrected chi connectivity index (χ3v) is 6.46. The Balaban J connectivity index is 1.28. The zero-order valence-corrected chi connectivity index (χ0v) is 20.0. The van der Waals surface area contributed by atoms with Crippen LogP contribution in [0.25, 0.3) is 11.4 Å². The van der Waals surface area contributed by atoms with Gasteiger partial charge in [-0.2, -0.15) is 5.21 Å². The molecule has 2 aromatic carbocycles. The minimum Gasteiger partial charge on any atom is -0.340 e. The summed E-state index contributed by atoms with van der Waals surface area (Å²) in [5.41, 5.74) is 1.95. The zero-order chi connectivity index (χ0) is 25.8. The number of H-pyrrole nitrogens is 1. The summed E-state index contributed by atoms with van der Waals surface area (Å²) in [5, 5.41) is 19.3. The highest BCUT2D eigenvalue weighted by molar-refractivity contribution is 7.92. The summed E-state index contributed by atoms with van der Waals surface area (Å²) in [5.74, 6) is 1.02. The first-order chi connectivity index (χ1) is 17.9. The van der Waals surface area contributed by atoms with Crippen molar-refractivity contribution in [3.05, 3.63) is 84.6 Å². The number of aromatic amines is 1. The number of benzene rings is 2. The summed E-state index contributed by atoms with van der Waals surface area (Å²) in [6.45, 7) is 1.97. The van der Waals surface area contributed by atoms with E-state index < -0.39 is 15.8 Å². The molecule has 4 N–H and O–H groups in total. The van der Waals surface area contributed by atoms with Crippen molar-refractivity contribution >= 4 is 38.9 Å². The van der Waals surface area contributed by atoms with E-state index in [1.54, 1.807) is 36.5 Å². The molecule has 0 aliphatic heterocycles. The van der Waals surface area contributed by atoms with E-state index in [-0.39, 0.29) is 16.3 Å². The number of hydrogen-bond acceptors (Lipinski definition) is 10. The number of nitrogens with zero attached hydrogens (tertiary/aromatic N) is 6. The quantitative estimate of drug-likeness (QED) is 0.238. The van der Waals surface area contributed by atoms with Crippen LogP contribution in [-0.2, 0) is 10.0 Å². The lowest BCUT2D eigenvalue weighted by Gasteiger charge is -2.11. The van der Waals surface area contributed by atoms with Crippen molar-refractivity contribution in [3.8, 4) is 11.4 Å². The normalized spacial score (nSPS) is 11.2. The molecule has 0 radical (unpaired) electrons. The summed E-state index contributed by atoms with van der Waals surface area (Å²) in [6.07, 6.45) is 3.12. The van der Waals surface area contributed by atoms with Gasteiger partial charge in [0.25, 0.3) is 10.0 Å². The standard InChI is InChI=1S/C23H19FN10O2S/c1-14-8-9-25-20(10-14)29-22-12-21(26-13-27-22)28-15-2-4-16(5-3-15)32-37(35,36)17-6-7-19(24)18(11-17)23-30-33-34-31-23/h2-13,32H,1H3,(H,30,31,33,34)(H2,25,26,27,28,29). The molecular weight excluding hydrogens is 499 g/mol.